The molecular weight excluding hydrogens is 332 g/mol. The Kier molecular flexibility index (Phi) is 7.19. The van der Waals surface area contributed by atoms with Crippen LogP contribution in [0.4, 0.5) is 5.69 Å². The van der Waals surface area contributed by atoms with E-state index in [1.165, 1.54) is 6.92 Å². The second-order valence-corrected chi connectivity index (χ2v) is 5.55. The number of hydrogen-bond acceptors (Lipinski definition) is 5. The maximum absolute atomic E-state index is 11.9. The zero-order chi connectivity index (χ0) is 18.8. The molecule has 1 N–H and O–H groups in total. The van der Waals surface area contributed by atoms with E-state index in [1.807, 2.05) is 6.07 Å². The molecule has 0 atom stereocenters. The lowest BCUT2D eigenvalue weighted by atomic mass is 10.1. The van der Waals surface area contributed by atoms with E-state index in [0.29, 0.717) is 42.2 Å². The highest BCUT2D eigenvalue weighted by Crippen LogP contribution is 2.16. The topological polar surface area (TPSA) is 88.4 Å². The van der Waals surface area contributed by atoms with Crippen molar-refractivity contribution in [3.63, 3.8) is 0 Å². The SMILES string of the molecule is CC(=O)c1ccc(OCCCC(=O)Nc2ccc(OCC#N)cc2)cc1. The fourth-order valence-corrected chi connectivity index (χ4v) is 2.18. The highest BCUT2D eigenvalue weighted by atomic mass is 16.5. The predicted molar refractivity (Wildman–Crippen MR) is 97.4 cm³/mol. The van der Waals surface area contributed by atoms with E-state index in [1.54, 1.807) is 48.5 Å². The summed E-state index contributed by atoms with van der Waals surface area (Å²) in [5.41, 5.74) is 1.31. The Morgan fingerprint density at radius 2 is 1.62 bits per heavy atom. The van der Waals surface area contributed by atoms with Crippen molar-refractivity contribution in [2.75, 3.05) is 18.5 Å². The number of carbonyl (C=O) groups excluding carboxylic acids is 2. The zero-order valence-electron chi connectivity index (χ0n) is 14.5. The molecule has 0 radical (unpaired) electrons. The van der Waals surface area contributed by atoms with Crippen molar-refractivity contribution in [3.8, 4) is 17.6 Å². The van der Waals surface area contributed by atoms with Crippen LogP contribution < -0.4 is 14.8 Å². The molecule has 0 aliphatic heterocycles. The highest BCUT2D eigenvalue weighted by molar-refractivity contribution is 5.94. The summed E-state index contributed by atoms with van der Waals surface area (Å²) in [6, 6.07) is 15.6. The molecule has 6 heteroatoms. The van der Waals surface area contributed by atoms with E-state index in [-0.39, 0.29) is 18.3 Å². The summed E-state index contributed by atoms with van der Waals surface area (Å²) >= 11 is 0. The Hall–Kier alpha value is -3.33. The number of Topliss-reactive ketones (excluding diaryl/α,β-unsaturated/α-hetero) is 1. The van der Waals surface area contributed by atoms with Crippen molar-refractivity contribution < 1.29 is 19.1 Å². The summed E-state index contributed by atoms with van der Waals surface area (Å²) in [5.74, 6) is 1.15. The van der Waals surface area contributed by atoms with Gasteiger partial charge >= 0.3 is 0 Å². The first-order valence-corrected chi connectivity index (χ1v) is 8.22. The molecule has 2 rings (SSSR count). The smallest absolute Gasteiger partial charge is 0.224 e. The van der Waals surface area contributed by atoms with Crippen LogP contribution in [0.5, 0.6) is 11.5 Å². The number of ketones is 1. The van der Waals surface area contributed by atoms with E-state index in [4.69, 9.17) is 14.7 Å². The molecule has 0 saturated carbocycles. The van der Waals surface area contributed by atoms with Crippen molar-refractivity contribution >= 4 is 17.4 Å². The molecule has 0 bridgehead atoms. The Bertz CT molecular complexity index is 777. The lowest BCUT2D eigenvalue weighted by Crippen LogP contribution is -2.12. The third kappa shape index (κ3) is 6.29. The molecule has 0 aliphatic carbocycles. The van der Waals surface area contributed by atoms with E-state index in [2.05, 4.69) is 5.32 Å². The maximum Gasteiger partial charge on any atom is 0.224 e. The van der Waals surface area contributed by atoms with Gasteiger partial charge in [0.15, 0.2) is 12.4 Å². The van der Waals surface area contributed by atoms with Gasteiger partial charge in [-0.15, -0.1) is 0 Å². The van der Waals surface area contributed by atoms with Gasteiger partial charge < -0.3 is 14.8 Å². The van der Waals surface area contributed by atoms with E-state index in [0.717, 1.165) is 0 Å². The number of amides is 1. The number of carbonyl (C=O) groups is 2. The summed E-state index contributed by atoms with van der Waals surface area (Å²) < 4.78 is 10.7. The Labute approximate surface area is 152 Å². The normalized spacial score (nSPS) is 9.85. The standard InChI is InChI=1S/C20H20N2O4/c1-15(23)16-4-8-18(9-5-16)25-13-2-3-20(24)22-17-6-10-19(11-7-17)26-14-12-21/h4-11H,2-3,13-14H2,1H3,(H,22,24). The summed E-state index contributed by atoms with van der Waals surface area (Å²) in [5, 5.41) is 11.2. The molecule has 134 valence electrons. The van der Waals surface area contributed by atoms with Gasteiger partial charge in [-0.2, -0.15) is 5.26 Å². The minimum Gasteiger partial charge on any atom is -0.494 e. The number of nitriles is 1. The van der Waals surface area contributed by atoms with Gasteiger partial charge in [-0.05, 0) is 61.9 Å². The Balaban J connectivity index is 1.68. The predicted octanol–water partition coefficient (Wildman–Crippen LogP) is 3.59. The summed E-state index contributed by atoms with van der Waals surface area (Å²) in [6.45, 7) is 1.92. The fourth-order valence-electron chi connectivity index (χ4n) is 2.18. The molecule has 1 amide bonds. The van der Waals surface area contributed by atoms with E-state index < -0.39 is 0 Å². The molecule has 0 saturated heterocycles. The van der Waals surface area contributed by atoms with Gasteiger partial charge in [0.2, 0.25) is 5.91 Å². The number of nitrogens with one attached hydrogen (secondary N) is 1. The molecule has 0 aromatic heterocycles. The van der Waals surface area contributed by atoms with E-state index in [9.17, 15) is 9.59 Å². The van der Waals surface area contributed by atoms with Crippen LogP contribution >= 0.6 is 0 Å². The van der Waals surface area contributed by atoms with Gasteiger partial charge in [0.1, 0.15) is 17.6 Å². The van der Waals surface area contributed by atoms with E-state index >= 15 is 0 Å². The molecule has 0 fully saturated rings. The van der Waals surface area contributed by atoms with Gasteiger partial charge in [0, 0.05) is 17.7 Å². The van der Waals surface area contributed by atoms with Crippen molar-refractivity contribution in [3.05, 3.63) is 54.1 Å². The van der Waals surface area contributed by atoms with Crippen LogP contribution in [-0.4, -0.2) is 24.9 Å². The third-order valence-electron chi connectivity index (χ3n) is 3.52. The zero-order valence-corrected chi connectivity index (χ0v) is 14.5. The third-order valence-corrected chi connectivity index (χ3v) is 3.52. The minimum atomic E-state index is -0.105. The number of hydrogen-bond donors (Lipinski definition) is 1. The molecule has 0 unspecified atom stereocenters. The summed E-state index contributed by atoms with van der Waals surface area (Å²) in [6.07, 6.45) is 0.905. The largest absolute Gasteiger partial charge is 0.494 e. The quantitative estimate of drug-likeness (QED) is 0.550. The highest BCUT2D eigenvalue weighted by Gasteiger charge is 2.04. The summed E-state index contributed by atoms with van der Waals surface area (Å²) in [7, 11) is 0. The molecule has 26 heavy (non-hydrogen) atoms. The number of benzene rings is 2. The Morgan fingerprint density at radius 3 is 2.23 bits per heavy atom. The molecule has 0 aliphatic rings. The first-order valence-electron chi connectivity index (χ1n) is 8.22. The molecule has 0 spiro atoms. The lowest BCUT2D eigenvalue weighted by Gasteiger charge is -2.08. The monoisotopic (exact) mass is 352 g/mol. The first-order chi connectivity index (χ1) is 12.6. The minimum absolute atomic E-state index is 0.0107. The van der Waals surface area contributed by atoms with Crippen molar-refractivity contribution in [1.82, 2.24) is 0 Å². The van der Waals surface area contributed by atoms with Crippen molar-refractivity contribution in [1.29, 1.82) is 5.26 Å². The Morgan fingerprint density at radius 1 is 1.00 bits per heavy atom. The second-order valence-electron chi connectivity index (χ2n) is 5.55. The van der Waals surface area contributed by atoms with Crippen LogP contribution in [0.15, 0.2) is 48.5 Å². The first kappa shape index (κ1) is 19.0. The number of anilines is 1. The average Bonchev–Trinajstić information content (AvgIpc) is 2.65. The van der Waals surface area contributed by atoms with Crippen LogP contribution in [0.1, 0.15) is 30.1 Å². The molecule has 6 nitrogen and oxygen atoms in total. The maximum atomic E-state index is 11.9. The van der Waals surface area contributed by atoms with Gasteiger partial charge in [-0.25, -0.2) is 0 Å². The van der Waals surface area contributed by atoms with Crippen LogP contribution in [0.2, 0.25) is 0 Å². The number of rotatable bonds is 9. The number of ether oxygens (including phenoxy) is 2. The van der Waals surface area contributed by atoms with Gasteiger partial charge in [-0.1, -0.05) is 0 Å². The molecular formula is C20H20N2O4. The molecule has 2 aromatic rings. The van der Waals surface area contributed by atoms with Gasteiger partial charge in [0.25, 0.3) is 0 Å². The van der Waals surface area contributed by atoms with Crippen molar-refractivity contribution in [2.45, 2.75) is 19.8 Å². The second kappa shape index (κ2) is 9.84. The average molecular weight is 352 g/mol. The summed E-state index contributed by atoms with van der Waals surface area (Å²) in [4.78, 5) is 23.1. The lowest BCUT2D eigenvalue weighted by molar-refractivity contribution is -0.116. The van der Waals surface area contributed by atoms with Crippen LogP contribution in [0.25, 0.3) is 0 Å². The van der Waals surface area contributed by atoms with Gasteiger partial charge in [0.05, 0.1) is 6.61 Å². The van der Waals surface area contributed by atoms with Gasteiger partial charge in [-0.3, -0.25) is 9.59 Å². The van der Waals surface area contributed by atoms with Crippen LogP contribution in [0.3, 0.4) is 0 Å². The molecule has 0 heterocycles. The van der Waals surface area contributed by atoms with Crippen LogP contribution in [-0.2, 0) is 4.79 Å². The van der Waals surface area contributed by atoms with Crippen LogP contribution in [0, 0.1) is 11.3 Å². The molecule has 2 aromatic carbocycles. The number of nitrogens with zero attached hydrogens (tertiary/aromatic N) is 1. The van der Waals surface area contributed by atoms with Crippen molar-refractivity contribution in [2.24, 2.45) is 0 Å². The fraction of sp³-hybridized carbons (Fsp3) is 0.250.